The number of ketones is 1. The molecule has 0 aromatic rings. The number of hydrogen-bond acceptors (Lipinski definition) is 3. The second kappa shape index (κ2) is 5.76. The number of esters is 1. The first-order valence-corrected chi connectivity index (χ1v) is 6.52. The van der Waals surface area contributed by atoms with Gasteiger partial charge in [-0.15, -0.1) is 0 Å². The monoisotopic (exact) mass is 312 g/mol. The van der Waals surface area contributed by atoms with E-state index in [1.54, 1.807) is 20.8 Å². The van der Waals surface area contributed by atoms with E-state index in [0.717, 1.165) is 6.08 Å². The highest BCUT2D eigenvalue weighted by atomic mass is 35.5. The van der Waals surface area contributed by atoms with E-state index < -0.39 is 46.6 Å². The smallest absolute Gasteiger partial charge is 0.426 e. The van der Waals surface area contributed by atoms with E-state index in [9.17, 15) is 22.8 Å². The van der Waals surface area contributed by atoms with Crippen LogP contribution in [0.4, 0.5) is 13.2 Å². The molecule has 0 spiro atoms. The number of allylic oxidation sites excluding steroid dienone is 2. The molecule has 0 aromatic carbocycles. The van der Waals surface area contributed by atoms with Gasteiger partial charge in [0.1, 0.15) is 17.2 Å². The summed E-state index contributed by atoms with van der Waals surface area (Å²) in [5, 5.41) is -1.23. The molecule has 0 bridgehead atoms. The second-order valence-corrected chi connectivity index (χ2v) is 5.69. The zero-order valence-electron chi connectivity index (χ0n) is 11.4. The molecule has 0 saturated heterocycles. The SMILES string of the molecule is CCOC(=O)CC(=O)C1C(/C=C(/Cl)C(F)(F)F)C1(C)C. The van der Waals surface area contributed by atoms with Crippen LogP contribution in [0.5, 0.6) is 0 Å². The quantitative estimate of drug-likeness (QED) is 0.577. The molecule has 7 heteroatoms. The maximum Gasteiger partial charge on any atom is 0.426 e. The van der Waals surface area contributed by atoms with Crippen molar-refractivity contribution >= 4 is 23.4 Å². The lowest BCUT2D eigenvalue weighted by molar-refractivity contribution is -0.145. The number of carbonyl (C=O) groups excluding carboxylic acids is 2. The Morgan fingerprint density at radius 1 is 1.35 bits per heavy atom. The molecular weight excluding hydrogens is 297 g/mol. The van der Waals surface area contributed by atoms with E-state index in [-0.39, 0.29) is 6.61 Å². The lowest BCUT2D eigenvalue weighted by Gasteiger charge is -2.04. The van der Waals surface area contributed by atoms with Gasteiger partial charge in [0.2, 0.25) is 0 Å². The van der Waals surface area contributed by atoms with Crippen LogP contribution in [0.25, 0.3) is 0 Å². The van der Waals surface area contributed by atoms with Crippen molar-refractivity contribution in [1.82, 2.24) is 0 Å². The first-order chi connectivity index (χ1) is 9.01. The summed E-state index contributed by atoms with van der Waals surface area (Å²) in [6.45, 7) is 5.10. The number of halogens is 4. The Bertz CT molecular complexity index is 441. The van der Waals surface area contributed by atoms with Gasteiger partial charge in [-0.1, -0.05) is 31.5 Å². The van der Waals surface area contributed by atoms with Crippen LogP contribution in [0.1, 0.15) is 27.2 Å². The minimum atomic E-state index is -4.62. The fourth-order valence-corrected chi connectivity index (χ4v) is 2.46. The van der Waals surface area contributed by atoms with Gasteiger partial charge in [-0.3, -0.25) is 9.59 Å². The van der Waals surface area contributed by atoms with Crippen LogP contribution in [0.15, 0.2) is 11.1 Å². The Morgan fingerprint density at radius 2 is 1.90 bits per heavy atom. The van der Waals surface area contributed by atoms with E-state index >= 15 is 0 Å². The molecular formula is C13H16ClF3O3. The van der Waals surface area contributed by atoms with Crippen molar-refractivity contribution < 1.29 is 27.5 Å². The van der Waals surface area contributed by atoms with Crippen molar-refractivity contribution in [3.63, 3.8) is 0 Å². The molecule has 0 N–H and O–H groups in total. The maximum atomic E-state index is 12.4. The summed E-state index contributed by atoms with van der Waals surface area (Å²) in [6, 6.07) is 0. The highest BCUT2D eigenvalue weighted by Gasteiger charge is 2.60. The van der Waals surface area contributed by atoms with Gasteiger partial charge in [0.25, 0.3) is 0 Å². The molecule has 2 atom stereocenters. The topological polar surface area (TPSA) is 43.4 Å². The number of hydrogen-bond donors (Lipinski definition) is 0. The molecule has 2 unspecified atom stereocenters. The third kappa shape index (κ3) is 3.75. The van der Waals surface area contributed by atoms with Crippen LogP contribution in [0.2, 0.25) is 0 Å². The number of rotatable bonds is 5. The fraction of sp³-hybridized carbons (Fsp3) is 0.692. The molecule has 1 aliphatic rings. The third-order valence-corrected chi connectivity index (χ3v) is 3.82. The Kier molecular flexibility index (Phi) is 4.90. The standard InChI is InChI=1S/C13H16ClF3O3/c1-4-20-10(19)6-8(18)11-7(12(11,2)3)5-9(14)13(15,16)17/h5,7,11H,4,6H2,1-3H3/b9-5+. The van der Waals surface area contributed by atoms with E-state index in [0.29, 0.717) is 0 Å². The second-order valence-electron chi connectivity index (χ2n) is 5.29. The molecule has 1 fully saturated rings. The van der Waals surface area contributed by atoms with Crippen LogP contribution < -0.4 is 0 Å². The van der Waals surface area contributed by atoms with Crippen molar-refractivity contribution in [2.45, 2.75) is 33.4 Å². The van der Waals surface area contributed by atoms with Gasteiger partial charge in [0.15, 0.2) is 0 Å². The van der Waals surface area contributed by atoms with Crippen molar-refractivity contribution in [3.05, 3.63) is 11.1 Å². The van der Waals surface area contributed by atoms with Crippen molar-refractivity contribution in [2.24, 2.45) is 17.3 Å². The average Bonchev–Trinajstić information content (AvgIpc) is 2.79. The van der Waals surface area contributed by atoms with Crippen LogP contribution in [-0.4, -0.2) is 24.5 Å². The number of carbonyl (C=O) groups is 2. The fourth-order valence-electron chi connectivity index (χ4n) is 2.32. The zero-order chi connectivity index (χ0) is 15.7. The Morgan fingerprint density at radius 3 is 2.35 bits per heavy atom. The third-order valence-electron chi connectivity index (χ3n) is 3.48. The molecule has 1 aliphatic carbocycles. The molecule has 0 aromatic heterocycles. The largest absolute Gasteiger partial charge is 0.466 e. The van der Waals surface area contributed by atoms with E-state index in [1.165, 1.54) is 0 Å². The van der Waals surface area contributed by atoms with Crippen molar-refractivity contribution in [3.8, 4) is 0 Å². The van der Waals surface area contributed by atoms with Gasteiger partial charge >= 0.3 is 12.1 Å². The molecule has 1 saturated carbocycles. The van der Waals surface area contributed by atoms with Gasteiger partial charge < -0.3 is 4.74 Å². The normalized spacial score (nSPS) is 25.2. The van der Waals surface area contributed by atoms with Crippen LogP contribution in [0.3, 0.4) is 0 Å². The summed E-state index contributed by atoms with van der Waals surface area (Å²) in [5.41, 5.74) is -0.630. The predicted octanol–water partition coefficient (Wildman–Crippen LogP) is 3.47. The number of ether oxygens (including phenoxy) is 1. The summed E-state index contributed by atoms with van der Waals surface area (Å²) >= 11 is 5.18. The lowest BCUT2D eigenvalue weighted by Crippen LogP contribution is -2.14. The summed E-state index contributed by atoms with van der Waals surface area (Å²) in [7, 11) is 0. The predicted molar refractivity (Wildman–Crippen MR) is 67.0 cm³/mol. The first kappa shape index (κ1) is 17.0. The molecule has 20 heavy (non-hydrogen) atoms. The van der Waals surface area contributed by atoms with Gasteiger partial charge in [-0.25, -0.2) is 0 Å². The van der Waals surface area contributed by atoms with Crippen molar-refractivity contribution in [2.75, 3.05) is 6.61 Å². The summed E-state index contributed by atoms with van der Waals surface area (Å²) < 4.78 is 41.8. The molecule has 0 amide bonds. The average molecular weight is 313 g/mol. The molecule has 0 aliphatic heterocycles. The highest BCUT2D eigenvalue weighted by molar-refractivity contribution is 6.30. The van der Waals surface area contributed by atoms with Gasteiger partial charge in [0, 0.05) is 5.92 Å². The zero-order valence-corrected chi connectivity index (χ0v) is 12.1. The minimum absolute atomic E-state index is 0.156. The minimum Gasteiger partial charge on any atom is -0.466 e. The highest BCUT2D eigenvalue weighted by Crippen LogP contribution is 2.60. The van der Waals surface area contributed by atoms with Crippen LogP contribution >= 0.6 is 11.6 Å². The molecule has 1 rings (SSSR count). The lowest BCUT2D eigenvalue weighted by atomic mass is 10.1. The molecule has 0 heterocycles. The van der Waals surface area contributed by atoms with Crippen LogP contribution in [-0.2, 0) is 14.3 Å². The first-order valence-electron chi connectivity index (χ1n) is 6.14. The summed E-state index contributed by atoms with van der Waals surface area (Å²) in [4.78, 5) is 23.1. The molecule has 3 nitrogen and oxygen atoms in total. The van der Waals surface area contributed by atoms with E-state index in [4.69, 9.17) is 11.6 Å². The summed E-state index contributed by atoms with van der Waals surface area (Å²) in [5.74, 6) is -2.33. The Hall–Kier alpha value is -1.04. The maximum absolute atomic E-state index is 12.4. The van der Waals surface area contributed by atoms with Gasteiger partial charge in [0.05, 0.1) is 6.61 Å². The Labute approximate surface area is 120 Å². The summed E-state index contributed by atoms with van der Waals surface area (Å²) in [6.07, 6.45) is -4.18. The Balaban J connectivity index is 2.74. The molecule has 0 radical (unpaired) electrons. The van der Waals surface area contributed by atoms with Crippen LogP contribution in [0, 0.1) is 17.3 Å². The molecule has 114 valence electrons. The number of Topliss-reactive ketones (excluding diaryl/α,β-unsaturated/α-hetero) is 1. The van der Waals surface area contributed by atoms with Gasteiger partial charge in [-0.05, 0) is 18.3 Å². The van der Waals surface area contributed by atoms with E-state index in [1.807, 2.05) is 0 Å². The van der Waals surface area contributed by atoms with Crippen molar-refractivity contribution in [1.29, 1.82) is 0 Å². The number of alkyl halides is 3. The van der Waals surface area contributed by atoms with Gasteiger partial charge in [-0.2, -0.15) is 13.2 Å². The van der Waals surface area contributed by atoms with E-state index in [2.05, 4.69) is 4.74 Å².